The third kappa shape index (κ3) is 3.18. The average molecular weight is 323 g/mol. The summed E-state index contributed by atoms with van der Waals surface area (Å²) in [5, 5.41) is 9.24. The van der Waals surface area contributed by atoms with Gasteiger partial charge >= 0.3 is 5.97 Å². The number of carboxylic acids is 1. The maximum Gasteiger partial charge on any atom is 0.335 e. The largest absolute Gasteiger partial charge is 0.478 e. The SMILES string of the molecule is CC1c2ccccc2CCN1C(=O)CCc1ccccc1C(=O)O. The van der Waals surface area contributed by atoms with Crippen LogP contribution in [0.3, 0.4) is 0 Å². The second-order valence-corrected chi connectivity index (χ2v) is 6.17. The van der Waals surface area contributed by atoms with Crippen LogP contribution in [0.25, 0.3) is 0 Å². The monoisotopic (exact) mass is 323 g/mol. The third-order valence-corrected chi connectivity index (χ3v) is 4.77. The van der Waals surface area contributed by atoms with Crippen molar-refractivity contribution >= 4 is 11.9 Å². The number of fused-ring (bicyclic) bond motifs is 1. The van der Waals surface area contributed by atoms with Crippen molar-refractivity contribution < 1.29 is 14.7 Å². The molecule has 0 saturated heterocycles. The minimum Gasteiger partial charge on any atom is -0.478 e. The highest BCUT2D eigenvalue weighted by Gasteiger charge is 2.27. The fourth-order valence-electron chi connectivity index (χ4n) is 3.44. The zero-order valence-corrected chi connectivity index (χ0v) is 13.7. The topological polar surface area (TPSA) is 57.6 Å². The summed E-state index contributed by atoms with van der Waals surface area (Å²) in [7, 11) is 0. The van der Waals surface area contributed by atoms with Crippen molar-refractivity contribution in [2.24, 2.45) is 0 Å². The van der Waals surface area contributed by atoms with Crippen molar-refractivity contribution in [3.05, 3.63) is 70.8 Å². The van der Waals surface area contributed by atoms with Gasteiger partial charge in [-0.3, -0.25) is 4.79 Å². The van der Waals surface area contributed by atoms with Gasteiger partial charge in [-0.1, -0.05) is 42.5 Å². The lowest BCUT2D eigenvalue weighted by atomic mass is 9.93. The van der Waals surface area contributed by atoms with Crippen LogP contribution in [0.1, 0.15) is 46.4 Å². The Kier molecular flexibility index (Phi) is 4.65. The lowest BCUT2D eigenvalue weighted by Crippen LogP contribution is -2.38. The molecule has 0 radical (unpaired) electrons. The molecule has 4 heteroatoms. The molecule has 2 aromatic carbocycles. The van der Waals surface area contributed by atoms with Crippen LogP contribution in [-0.2, 0) is 17.6 Å². The molecule has 2 aromatic rings. The molecule has 1 amide bonds. The van der Waals surface area contributed by atoms with E-state index in [0.29, 0.717) is 18.4 Å². The predicted octanol–water partition coefficient (Wildman–Crippen LogP) is 3.46. The summed E-state index contributed by atoms with van der Waals surface area (Å²) in [6.45, 7) is 2.78. The van der Waals surface area contributed by atoms with E-state index in [1.807, 2.05) is 23.1 Å². The van der Waals surface area contributed by atoms with Gasteiger partial charge in [-0.25, -0.2) is 4.79 Å². The molecule has 0 aliphatic carbocycles. The van der Waals surface area contributed by atoms with Crippen molar-refractivity contribution in [1.82, 2.24) is 4.90 Å². The van der Waals surface area contributed by atoms with Gasteiger partial charge in [-0.2, -0.15) is 0 Å². The van der Waals surface area contributed by atoms with E-state index in [9.17, 15) is 14.7 Å². The molecule has 1 heterocycles. The maximum atomic E-state index is 12.7. The minimum absolute atomic E-state index is 0.0668. The third-order valence-electron chi connectivity index (χ3n) is 4.77. The molecule has 3 rings (SSSR count). The Hall–Kier alpha value is -2.62. The molecule has 0 fully saturated rings. The number of carboxylic acid groups (broad SMARTS) is 1. The molecule has 1 aliphatic rings. The Balaban J connectivity index is 1.70. The average Bonchev–Trinajstić information content (AvgIpc) is 2.60. The first-order chi connectivity index (χ1) is 11.6. The number of carbonyl (C=O) groups is 2. The Morgan fingerprint density at radius 3 is 2.62 bits per heavy atom. The molecule has 1 unspecified atom stereocenters. The van der Waals surface area contributed by atoms with Crippen molar-refractivity contribution in [3.63, 3.8) is 0 Å². The minimum atomic E-state index is -0.946. The molecule has 0 saturated carbocycles. The number of hydrogen-bond donors (Lipinski definition) is 1. The molecular weight excluding hydrogens is 302 g/mol. The number of hydrogen-bond acceptors (Lipinski definition) is 2. The first-order valence-corrected chi connectivity index (χ1v) is 8.26. The number of aromatic carboxylic acids is 1. The summed E-state index contributed by atoms with van der Waals surface area (Å²) in [5.41, 5.74) is 3.51. The second-order valence-electron chi connectivity index (χ2n) is 6.17. The molecule has 4 nitrogen and oxygen atoms in total. The van der Waals surface area contributed by atoms with Crippen molar-refractivity contribution in [2.45, 2.75) is 32.2 Å². The molecular formula is C20H21NO3. The lowest BCUT2D eigenvalue weighted by molar-refractivity contribution is -0.133. The molecule has 1 N–H and O–H groups in total. The van der Waals surface area contributed by atoms with Gasteiger partial charge in [0, 0.05) is 13.0 Å². The molecule has 1 atom stereocenters. The normalized spacial score (nSPS) is 16.5. The van der Waals surface area contributed by atoms with Crippen LogP contribution >= 0.6 is 0 Å². The van der Waals surface area contributed by atoms with Crippen LogP contribution in [0.2, 0.25) is 0 Å². The van der Waals surface area contributed by atoms with Crippen LogP contribution in [0.15, 0.2) is 48.5 Å². The number of benzene rings is 2. The Bertz CT molecular complexity index is 769. The van der Waals surface area contributed by atoms with E-state index in [0.717, 1.165) is 13.0 Å². The van der Waals surface area contributed by atoms with E-state index >= 15 is 0 Å². The Labute approximate surface area is 141 Å². The Morgan fingerprint density at radius 1 is 1.12 bits per heavy atom. The van der Waals surface area contributed by atoms with E-state index in [-0.39, 0.29) is 17.5 Å². The van der Waals surface area contributed by atoms with Gasteiger partial charge in [0.2, 0.25) is 5.91 Å². The highest BCUT2D eigenvalue weighted by atomic mass is 16.4. The summed E-state index contributed by atoms with van der Waals surface area (Å²) < 4.78 is 0. The van der Waals surface area contributed by atoms with Crippen molar-refractivity contribution in [1.29, 1.82) is 0 Å². The number of rotatable bonds is 4. The number of aryl methyl sites for hydroxylation is 1. The fourth-order valence-corrected chi connectivity index (χ4v) is 3.44. The smallest absolute Gasteiger partial charge is 0.335 e. The van der Waals surface area contributed by atoms with Gasteiger partial charge < -0.3 is 10.0 Å². The van der Waals surface area contributed by atoms with Gasteiger partial charge in [0.1, 0.15) is 0 Å². The molecule has 0 aromatic heterocycles. The van der Waals surface area contributed by atoms with Crippen LogP contribution < -0.4 is 0 Å². The first kappa shape index (κ1) is 16.2. The standard InChI is InChI=1S/C20H21NO3/c1-14-17-8-4-2-7-16(17)12-13-21(14)19(22)11-10-15-6-3-5-9-18(15)20(23)24/h2-9,14H,10-13H2,1H3,(H,23,24). The summed E-state index contributed by atoms with van der Waals surface area (Å²) in [4.78, 5) is 25.8. The second kappa shape index (κ2) is 6.87. The highest BCUT2D eigenvalue weighted by molar-refractivity contribution is 5.89. The number of nitrogens with zero attached hydrogens (tertiary/aromatic N) is 1. The summed E-state index contributed by atoms with van der Waals surface area (Å²) in [6.07, 6.45) is 1.65. The van der Waals surface area contributed by atoms with Gasteiger partial charge in [-0.05, 0) is 42.5 Å². The van der Waals surface area contributed by atoms with Gasteiger partial charge in [0.05, 0.1) is 11.6 Å². The number of amides is 1. The molecule has 24 heavy (non-hydrogen) atoms. The molecule has 124 valence electrons. The van der Waals surface area contributed by atoms with Crippen molar-refractivity contribution in [3.8, 4) is 0 Å². The first-order valence-electron chi connectivity index (χ1n) is 8.26. The van der Waals surface area contributed by atoms with Crippen molar-refractivity contribution in [2.75, 3.05) is 6.54 Å². The maximum absolute atomic E-state index is 12.7. The highest BCUT2D eigenvalue weighted by Crippen LogP contribution is 2.29. The van der Waals surface area contributed by atoms with Gasteiger partial charge in [0.15, 0.2) is 0 Å². The van der Waals surface area contributed by atoms with Gasteiger partial charge in [0.25, 0.3) is 0 Å². The van der Waals surface area contributed by atoms with E-state index in [1.165, 1.54) is 11.1 Å². The zero-order valence-electron chi connectivity index (χ0n) is 13.7. The van der Waals surface area contributed by atoms with Crippen LogP contribution in [-0.4, -0.2) is 28.4 Å². The van der Waals surface area contributed by atoms with Crippen LogP contribution in [0.5, 0.6) is 0 Å². The predicted molar refractivity (Wildman–Crippen MR) is 92.0 cm³/mol. The van der Waals surface area contributed by atoms with E-state index in [4.69, 9.17) is 0 Å². The molecule has 0 spiro atoms. The summed E-state index contributed by atoms with van der Waals surface area (Å²) >= 11 is 0. The Morgan fingerprint density at radius 2 is 1.83 bits per heavy atom. The lowest BCUT2D eigenvalue weighted by Gasteiger charge is -2.35. The summed E-state index contributed by atoms with van der Waals surface area (Å²) in [5.74, 6) is -0.865. The number of carbonyl (C=O) groups excluding carboxylic acids is 1. The van der Waals surface area contributed by atoms with E-state index < -0.39 is 5.97 Å². The van der Waals surface area contributed by atoms with E-state index in [1.54, 1.807) is 18.2 Å². The van der Waals surface area contributed by atoms with Gasteiger partial charge in [-0.15, -0.1) is 0 Å². The fraction of sp³-hybridized carbons (Fsp3) is 0.300. The zero-order chi connectivity index (χ0) is 17.1. The molecule has 1 aliphatic heterocycles. The quantitative estimate of drug-likeness (QED) is 0.937. The van der Waals surface area contributed by atoms with Crippen LogP contribution in [0, 0.1) is 0 Å². The summed E-state index contributed by atoms with van der Waals surface area (Å²) in [6, 6.07) is 15.2. The van der Waals surface area contributed by atoms with E-state index in [2.05, 4.69) is 19.1 Å². The van der Waals surface area contributed by atoms with Crippen LogP contribution in [0.4, 0.5) is 0 Å². The molecule has 0 bridgehead atoms.